The Balaban J connectivity index is 1.04. The lowest BCUT2D eigenvalue weighted by atomic mass is 10.0. The van der Waals surface area contributed by atoms with Crippen LogP contribution in [0.1, 0.15) is 29.0 Å². The maximum absolute atomic E-state index is 5.32. The third-order valence-electron chi connectivity index (χ3n) is 10.9. The molecule has 1 aliphatic rings. The Labute approximate surface area is 328 Å². The number of rotatable bonds is 6. The molecule has 1 aliphatic heterocycles. The number of hydrogen-bond acceptors (Lipinski definition) is 5. The van der Waals surface area contributed by atoms with Gasteiger partial charge in [0.05, 0.1) is 26.9 Å². The molecule has 6 heteroatoms. The number of thiophene rings is 1. The zero-order chi connectivity index (χ0) is 37.0. The lowest BCUT2D eigenvalue weighted by Gasteiger charge is -2.32. The normalized spacial score (nSPS) is 15.7. The summed E-state index contributed by atoms with van der Waals surface area (Å²) in [6, 6.07) is 66.5. The van der Waals surface area contributed by atoms with Crippen LogP contribution in [0.5, 0.6) is 0 Å². The number of nitrogens with one attached hydrogen (secondary N) is 2. The Kier molecular flexibility index (Phi) is 7.83. The molecule has 11 rings (SSSR count). The third-order valence-corrected chi connectivity index (χ3v) is 12.1. The first-order chi connectivity index (χ1) is 27.8. The molecule has 3 aromatic heterocycles. The van der Waals surface area contributed by atoms with Crippen molar-refractivity contribution in [2.75, 3.05) is 0 Å². The SMILES string of the molecule is c1ccc(-c2ccc(C3NC(c4ccc(-n5c6ccccc6c6sc7c8ccccc8nc(-c8ccccc8)c7c65)cc4)=NC(c4ccccc4)N3)cc2)cc1. The summed E-state index contributed by atoms with van der Waals surface area (Å²) >= 11 is 1.87. The van der Waals surface area contributed by atoms with E-state index in [1.165, 1.54) is 47.7 Å². The van der Waals surface area contributed by atoms with Gasteiger partial charge in [0.25, 0.3) is 0 Å². The molecule has 10 aromatic rings. The molecule has 266 valence electrons. The van der Waals surface area contributed by atoms with Gasteiger partial charge in [0.2, 0.25) is 0 Å². The van der Waals surface area contributed by atoms with Crippen molar-refractivity contribution in [3.8, 4) is 28.1 Å². The van der Waals surface area contributed by atoms with Crippen LogP contribution >= 0.6 is 11.3 Å². The van der Waals surface area contributed by atoms with E-state index >= 15 is 0 Å². The summed E-state index contributed by atoms with van der Waals surface area (Å²) in [5.41, 5.74) is 12.3. The van der Waals surface area contributed by atoms with Gasteiger partial charge in [0.1, 0.15) is 18.2 Å². The van der Waals surface area contributed by atoms with Gasteiger partial charge in [-0.2, -0.15) is 0 Å². The molecule has 0 radical (unpaired) electrons. The fourth-order valence-corrected chi connectivity index (χ4v) is 9.53. The average Bonchev–Trinajstić information content (AvgIpc) is 3.83. The molecule has 56 heavy (non-hydrogen) atoms. The lowest BCUT2D eigenvalue weighted by molar-refractivity contribution is 0.409. The van der Waals surface area contributed by atoms with Crippen molar-refractivity contribution in [3.63, 3.8) is 0 Å². The van der Waals surface area contributed by atoms with E-state index in [9.17, 15) is 0 Å². The lowest BCUT2D eigenvalue weighted by Crippen LogP contribution is -2.44. The Morgan fingerprint density at radius 2 is 1.11 bits per heavy atom. The van der Waals surface area contributed by atoms with Gasteiger partial charge in [-0.15, -0.1) is 11.3 Å². The van der Waals surface area contributed by atoms with E-state index in [1.54, 1.807) is 0 Å². The summed E-state index contributed by atoms with van der Waals surface area (Å²) in [6.45, 7) is 0. The largest absolute Gasteiger partial charge is 0.350 e. The predicted octanol–water partition coefficient (Wildman–Crippen LogP) is 12.2. The van der Waals surface area contributed by atoms with Crippen molar-refractivity contribution in [2.24, 2.45) is 4.99 Å². The second-order valence-electron chi connectivity index (χ2n) is 14.2. The van der Waals surface area contributed by atoms with Crippen LogP contribution < -0.4 is 10.6 Å². The molecule has 7 aromatic carbocycles. The van der Waals surface area contributed by atoms with E-state index in [2.05, 4.69) is 197 Å². The summed E-state index contributed by atoms with van der Waals surface area (Å²) in [4.78, 5) is 10.6. The van der Waals surface area contributed by atoms with Crippen LogP contribution in [-0.4, -0.2) is 15.4 Å². The summed E-state index contributed by atoms with van der Waals surface area (Å²) in [5.74, 6) is 0.854. The molecular formula is C50H35N5S. The molecule has 0 saturated heterocycles. The van der Waals surface area contributed by atoms with E-state index in [0.29, 0.717) is 0 Å². The molecule has 4 heterocycles. The second kappa shape index (κ2) is 13.5. The highest BCUT2D eigenvalue weighted by atomic mass is 32.1. The highest BCUT2D eigenvalue weighted by molar-refractivity contribution is 7.27. The summed E-state index contributed by atoms with van der Waals surface area (Å²) in [6.07, 6.45) is -0.351. The predicted molar refractivity (Wildman–Crippen MR) is 234 cm³/mol. The second-order valence-corrected chi connectivity index (χ2v) is 15.3. The van der Waals surface area contributed by atoms with Crippen LogP contribution in [-0.2, 0) is 0 Å². The average molecular weight is 738 g/mol. The number of fused-ring (bicyclic) bond motifs is 7. The number of hydrogen-bond donors (Lipinski definition) is 2. The summed E-state index contributed by atoms with van der Waals surface area (Å²) in [5, 5.41) is 11.1. The van der Waals surface area contributed by atoms with Gasteiger partial charge in [-0.1, -0.05) is 152 Å². The summed E-state index contributed by atoms with van der Waals surface area (Å²) in [7, 11) is 0. The minimum atomic E-state index is -0.213. The monoisotopic (exact) mass is 737 g/mol. The van der Waals surface area contributed by atoms with Gasteiger partial charge >= 0.3 is 0 Å². The van der Waals surface area contributed by atoms with Crippen LogP contribution in [0.2, 0.25) is 0 Å². The minimum absolute atomic E-state index is 0.138. The molecule has 2 atom stereocenters. The topological polar surface area (TPSA) is 54.2 Å². The molecule has 0 saturated carbocycles. The third kappa shape index (κ3) is 5.50. The Morgan fingerprint density at radius 3 is 1.86 bits per heavy atom. The molecule has 5 nitrogen and oxygen atoms in total. The first kappa shape index (κ1) is 32.6. The van der Waals surface area contributed by atoms with E-state index in [1.807, 2.05) is 17.4 Å². The van der Waals surface area contributed by atoms with Crippen LogP contribution in [0, 0.1) is 0 Å². The van der Waals surface area contributed by atoms with Gasteiger partial charge < -0.3 is 9.88 Å². The number of benzene rings is 7. The van der Waals surface area contributed by atoms with Gasteiger partial charge in [0.15, 0.2) is 0 Å². The first-order valence-corrected chi connectivity index (χ1v) is 19.8. The fraction of sp³-hybridized carbons (Fsp3) is 0.0400. The Hall–Kier alpha value is -6.86. The van der Waals surface area contributed by atoms with Crippen molar-refractivity contribution < 1.29 is 0 Å². The number of para-hydroxylation sites is 2. The highest BCUT2D eigenvalue weighted by Gasteiger charge is 2.26. The Morgan fingerprint density at radius 1 is 0.500 bits per heavy atom. The van der Waals surface area contributed by atoms with E-state index in [0.717, 1.165) is 45.0 Å². The number of pyridine rings is 1. The molecule has 0 aliphatic carbocycles. The molecule has 2 N–H and O–H groups in total. The molecule has 0 bridgehead atoms. The summed E-state index contributed by atoms with van der Waals surface area (Å²) < 4.78 is 4.96. The number of amidine groups is 1. The van der Waals surface area contributed by atoms with E-state index in [-0.39, 0.29) is 12.3 Å². The fourth-order valence-electron chi connectivity index (χ4n) is 8.17. The van der Waals surface area contributed by atoms with Crippen molar-refractivity contribution >= 4 is 59.3 Å². The molecule has 2 unspecified atom stereocenters. The van der Waals surface area contributed by atoms with Crippen molar-refractivity contribution in [1.29, 1.82) is 0 Å². The Bertz CT molecular complexity index is 3060. The van der Waals surface area contributed by atoms with Crippen LogP contribution in [0.25, 0.3) is 70.2 Å². The molecule has 0 fully saturated rings. The standard InChI is InChI=1S/C50H35N5S/c1-4-14-32(15-5-1)33-24-26-36(27-25-33)49-52-48(35-18-8-3-9-19-35)53-50(54-49)37-28-30-38(31-29-37)55-42-23-13-11-21-40(42)47-45(55)43-44(34-16-6-2-7-17-34)51-41-22-12-10-20-39(41)46(43)56-47/h1-31,48-49,52H,(H,53,54). The number of nitrogens with zero attached hydrogens (tertiary/aromatic N) is 3. The maximum Gasteiger partial charge on any atom is 0.131 e. The van der Waals surface area contributed by atoms with Crippen molar-refractivity contribution in [3.05, 3.63) is 205 Å². The zero-order valence-electron chi connectivity index (χ0n) is 30.3. The first-order valence-electron chi connectivity index (χ1n) is 19.0. The minimum Gasteiger partial charge on any atom is -0.350 e. The quantitative estimate of drug-likeness (QED) is 0.179. The van der Waals surface area contributed by atoms with Gasteiger partial charge in [-0.05, 0) is 58.7 Å². The van der Waals surface area contributed by atoms with Crippen LogP contribution in [0.15, 0.2) is 193 Å². The molecular weight excluding hydrogens is 703 g/mol. The molecule has 0 amide bonds. The highest BCUT2D eigenvalue weighted by Crippen LogP contribution is 2.47. The van der Waals surface area contributed by atoms with Gasteiger partial charge in [-0.25, -0.2) is 9.98 Å². The van der Waals surface area contributed by atoms with Crippen molar-refractivity contribution in [2.45, 2.75) is 12.3 Å². The number of aliphatic imine (C=N–C) groups is 1. The van der Waals surface area contributed by atoms with Crippen LogP contribution in [0.4, 0.5) is 0 Å². The van der Waals surface area contributed by atoms with Gasteiger partial charge in [-0.3, -0.25) is 5.32 Å². The van der Waals surface area contributed by atoms with E-state index in [4.69, 9.17) is 9.98 Å². The van der Waals surface area contributed by atoms with Gasteiger partial charge in [0, 0.05) is 37.7 Å². The smallest absolute Gasteiger partial charge is 0.131 e. The van der Waals surface area contributed by atoms with E-state index < -0.39 is 0 Å². The maximum atomic E-state index is 5.32. The zero-order valence-corrected chi connectivity index (χ0v) is 31.1. The van der Waals surface area contributed by atoms with Crippen LogP contribution in [0.3, 0.4) is 0 Å². The van der Waals surface area contributed by atoms with Crippen molar-refractivity contribution in [1.82, 2.24) is 20.2 Å². The number of aromatic nitrogens is 2. The molecule has 0 spiro atoms.